The summed E-state index contributed by atoms with van der Waals surface area (Å²) in [6.07, 6.45) is 5.10. The Kier molecular flexibility index (Phi) is 6.92. The van der Waals surface area contributed by atoms with Gasteiger partial charge in [-0.3, -0.25) is 0 Å². The first-order valence-electron chi connectivity index (χ1n) is 7.76. The van der Waals surface area contributed by atoms with Crippen LogP contribution in [0.1, 0.15) is 41.6 Å². The Morgan fingerprint density at radius 3 is 2.52 bits per heavy atom. The van der Waals surface area contributed by atoms with Crippen molar-refractivity contribution >= 4 is 27.8 Å². The van der Waals surface area contributed by atoms with Crippen LogP contribution in [0.5, 0.6) is 0 Å². The monoisotopic (exact) mass is 357 g/mol. The van der Waals surface area contributed by atoms with Crippen molar-refractivity contribution in [1.82, 2.24) is 4.72 Å². The lowest BCUT2D eigenvalue weighted by molar-refractivity contribution is 0.0600. The molecule has 1 aliphatic rings. The van der Waals surface area contributed by atoms with Gasteiger partial charge in [0.15, 0.2) is 0 Å². The number of nitrogens with one attached hydrogen (secondary N) is 1. The van der Waals surface area contributed by atoms with Gasteiger partial charge >= 0.3 is 5.97 Å². The second-order valence-electron chi connectivity index (χ2n) is 5.62. The normalized spacial score (nSPS) is 15.7. The van der Waals surface area contributed by atoms with E-state index in [0.717, 1.165) is 5.75 Å². The van der Waals surface area contributed by atoms with Crippen LogP contribution in [-0.4, -0.2) is 39.0 Å². The van der Waals surface area contributed by atoms with Crippen LogP contribution in [0, 0.1) is 0 Å². The van der Waals surface area contributed by atoms with Crippen molar-refractivity contribution in [3.63, 3.8) is 0 Å². The smallest absolute Gasteiger partial charge is 0.337 e. The Bertz CT molecular complexity index is 607. The fourth-order valence-electron chi connectivity index (χ4n) is 2.60. The lowest BCUT2D eigenvalue weighted by Crippen LogP contribution is -2.27. The van der Waals surface area contributed by atoms with Crippen LogP contribution in [0.2, 0.25) is 0 Å². The zero-order valence-corrected chi connectivity index (χ0v) is 14.9. The summed E-state index contributed by atoms with van der Waals surface area (Å²) in [6.45, 7) is 0.462. The van der Waals surface area contributed by atoms with E-state index in [1.54, 1.807) is 24.3 Å². The van der Waals surface area contributed by atoms with Gasteiger partial charge < -0.3 is 4.74 Å². The van der Waals surface area contributed by atoms with Crippen molar-refractivity contribution in [2.24, 2.45) is 0 Å². The van der Waals surface area contributed by atoms with Gasteiger partial charge in [0.1, 0.15) is 0 Å². The van der Waals surface area contributed by atoms with Gasteiger partial charge in [-0.2, -0.15) is 11.8 Å². The van der Waals surface area contributed by atoms with Gasteiger partial charge in [0, 0.05) is 17.5 Å². The van der Waals surface area contributed by atoms with Gasteiger partial charge in [-0.05, 0) is 30.5 Å². The van der Waals surface area contributed by atoms with Crippen molar-refractivity contribution in [3.05, 3.63) is 35.4 Å². The van der Waals surface area contributed by atoms with E-state index in [0.29, 0.717) is 22.9 Å². The maximum Gasteiger partial charge on any atom is 0.337 e. The standard InChI is InChI=1S/C16H23NO4S2/c1-21-16(18)14-8-6-13(7-9-14)12-23(19,20)17-10-11-22-15-4-2-3-5-15/h6-9,15,17H,2-5,10-12H2,1H3. The highest BCUT2D eigenvalue weighted by molar-refractivity contribution is 8.00. The number of rotatable bonds is 8. The van der Waals surface area contributed by atoms with Crippen LogP contribution >= 0.6 is 11.8 Å². The van der Waals surface area contributed by atoms with E-state index < -0.39 is 16.0 Å². The molecule has 1 N–H and O–H groups in total. The van der Waals surface area contributed by atoms with Crippen molar-refractivity contribution in [3.8, 4) is 0 Å². The number of thioether (sulfide) groups is 1. The Balaban J connectivity index is 1.77. The molecule has 1 fully saturated rings. The second-order valence-corrected chi connectivity index (χ2v) is 8.83. The van der Waals surface area contributed by atoms with Gasteiger partial charge in [-0.15, -0.1) is 0 Å². The number of carbonyl (C=O) groups excluding carboxylic acids is 1. The predicted molar refractivity (Wildman–Crippen MR) is 93.1 cm³/mol. The molecule has 2 rings (SSSR count). The van der Waals surface area contributed by atoms with Crippen LogP contribution < -0.4 is 4.72 Å². The summed E-state index contributed by atoms with van der Waals surface area (Å²) in [7, 11) is -2.03. The maximum absolute atomic E-state index is 12.1. The lowest BCUT2D eigenvalue weighted by Gasteiger charge is -2.10. The molecule has 1 aromatic rings. The van der Waals surface area contributed by atoms with Crippen LogP contribution in [0.15, 0.2) is 24.3 Å². The van der Waals surface area contributed by atoms with Gasteiger partial charge in [0.05, 0.1) is 18.4 Å². The number of methoxy groups -OCH3 is 1. The van der Waals surface area contributed by atoms with E-state index in [1.807, 2.05) is 11.8 Å². The minimum atomic E-state index is -3.35. The molecule has 5 nitrogen and oxygen atoms in total. The Morgan fingerprint density at radius 1 is 1.26 bits per heavy atom. The van der Waals surface area contributed by atoms with Crippen molar-refractivity contribution in [2.75, 3.05) is 19.4 Å². The van der Waals surface area contributed by atoms with Gasteiger partial charge in [-0.1, -0.05) is 25.0 Å². The summed E-state index contributed by atoms with van der Waals surface area (Å²) >= 11 is 1.86. The topological polar surface area (TPSA) is 72.5 Å². The number of hydrogen-bond donors (Lipinski definition) is 1. The average Bonchev–Trinajstić information content (AvgIpc) is 3.04. The molecule has 0 saturated heterocycles. The predicted octanol–water partition coefficient (Wildman–Crippen LogP) is 2.57. The molecule has 23 heavy (non-hydrogen) atoms. The highest BCUT2D eigenvalue weighted by atomic mass is 32.2. The number of benzene rings is 1. The summed E-state index contributed by atoms with van der Waals surface area (Å²) in [5.74, 6) is 0.301. The van der Waals surface area contributed by atoms with Crippen molar-refractivity contribution in [2.45, 2.75) is 36.7 Å². The molecule has 0 spiro atoms. The summed E-state index contributed by atoms with van der Waals surface area (Å²) < 4.78 is 31.4. The molecule has 0 radical (unpaired) electrons. The first-order chi connectivity index (χ1) is 11.0. The molecule has 1 saturated carbocycles. The molecule has 1 aliphatic carbocycles. The molecule has 0 aliphatic heterocycles. The average molecular weight is 357 g/mol. The first kappa shape index (κ1) is 18.3. The van der Waals surface area contributed by atoms with E-state index >= 15 is 0 Å². The molecular formula is C16H23NO4S2. The fraction of sp³-hybridized carbons (Fsp3) is 0.562. The quantitative estimate of drug-likeness (QED) is 0.572. The number of carbonyl (C=O) groups is 1. The number of ether oxygens (including phenoxy) is 1. The Morgan fingerprint density at radius 2 is 1.91 bits per heavy atom. The number of hydrogen-bond acceptors (Lipinski definition) is 5. The molecule has 1 aromatic carbocycles. The largest absolute Gasteiger partial charge is 0.465 e. The number of esters is 1. The maximum atomic E-state index is 12.1. The molecule has 0 amide bonds. The first-order valence-corrected chi connectivity index (χ1v) is 10.5. The molecule has 0 bridgehead atoms. The zero-order chi connectivity index (χ0) is 16.7. The Labute approximate surface area is 142 Å². The molecule has 0 atom stereocenters. The van der Waals surface area contributed by atoms with Crippen LogP contribution in [0.25, 0.3) is 0 Å². The van der Waals surface area contributed by atoms with E-state index in [-0.39, 0.29) is 5.75 Å². The molecular weight excluding hydrogens is 334 g/mol. The third kappa shape index (κ3) is 6.16. The van der Waals surface area contributed by atoms with Crippen LogP contribution in [-0.2, 0) is 20.5 Å². The van der Waals surface area contributed by atoms with E-state index in [9.17, 15) is 13.2 Å². The van der Waals surface area contributed by atoms with E-state index in [1.165, 1.54) is 32.8 Å². The van der Waals surface area contributed by atoms with Gasteiger partial charge in [-0.25, -0.2) is 17.9 Å². The third-order valence-corrected chi connectivity index (χ3v) is 6.55. The lowest BCUT2D eigenvalue weighted by atomic mass is 10.1. The van der Waals surface area contributed by atoms with Crippen molar-refractivity contribution < 1.29 is 17.9 Å². The second kappa shape index (κ2) is 8.70. The molecule has 0 aromatic heterocycles. The van der Waals surface area contributed by atoms with Crippen LogP contribution in [0.4, 0.5) is 0 Å². The van der Waals surface area contributed by atoms with Gasteiger partial charge in [0.25, 0.3) is 0 Å². The minimum Gasteiger partial charge on any atom is -0.465 e. The van der Waals surface area contributed by atoms with E-state index in [4.69, 9.17) is 0 Å². The van der Waals surface area contributed by atoms with Crippen molar-refractivity contribution in [1.29, 1.82) is 0 Å². The van der Waals surface area contributed by atoms with Crippen LogP contribution in [0.3, 0.4) is 0 Å². The highest BCUT2D eigenvalue weighted by Gasteiger charge is 2.16. The third-order valence-electron chi connectivity index (χ3n) is 3.81. The SMILES string of the molecule is COC(=O)c1ccc(CS(=O)(=O)NCCSC2CCCC2)cc1. The Hall–Kier alpha value is -1.05. The summed E-state index contributed by atoms with van der Waals surface area (Å²) in [6, 6.07) is 6.43. The molecule has 0 heterocycles. The summed E-state index contributed by atoms with van der Waals surface area (Å²) in [5, 5.41) is 0.699. The summed E-state index contributed by atoms with van der Waals surface area (Å²) in [5.41, 5.74) is 1.06. The number of sulfonamides is 1. The highest BCUT2D eigenvalue weighted by Crippen LogP contribution is 2.28. The minimum absolute atomic E-state index is 0.0808. The molecule has 0 unspecified atom stereocenters. The van der Waals surface area contributed by atoms with Gasteiger partial charge in [0.2, 0.25) is 10.0 Å². The fourth-order valence-corrected chi connectivity index (χ4v) is 5.10. The molecule has 7 heteroatoms. The van der Waals surface area contributed by atoms with E-state index in [2.05, 4.69) is 9.46 Å². The molecule has 128 valence electrons. The zero-order valence-electron chi connectivity index (χ0n) is 13.3. The summed E-state index contributed by atoms with van der Waals surface area (Å²) in [4.78, 5) is 11.3.